The summed E-state index contributed by atoms with van der Waals surface area (Å²) in [6.07, 6.45) is 0. The van der Waals surface area contributed by atoms with E-state index in [9.17, 15) is 0 Å². The van der Waals surface area contributed by atoms with Crippen LogP contribution in [0.15, 0.2) is 17.5 Å². The van der Waals surface area contributed by atoms with Crippen molar-refractivity contribution in [2.75, 3.05) is 0 Å². The zero-order chi connectivity index (χ0) is 8.55. The fourth-order valence-electron chi connectivity index (χ4n) is 1.14. The summed E-state index contributed by atoms with van der Waals surface area (Å²) in [5.41, 5.74) is 3.48. The van der Waals surface area contributed by atoms with Crippen molar-refractivity contribution in [2.45, 2.75) is 13.8 Å². The third kappa shape index (κ3) is 1.06. The quantitative estimate of drug-likeness (QED) is 0.714. The number of hydrogen-bond donors (Lipinski definition) is 1. The van der Waals surface area contributed by atoms with E-state index >= 15 is 0 Å². The smallest absolute Gasteiger partial charge is 0.105 e. The third-order valence-electron chi connectivity index (χ3n) is 2.01. The maximum atomic E-state index is 4.24. The molecule has 0 aliphatic heterocycles. The molecule has 0 spiro atoms. The van der Waals surface area contributed by atoms with Crippen molar-refractivity contribution in [3.8, 4) is 10.6 Å². The Hall–Kier alpha value is -1.09. The van der Waals surface area contributed by atoms with Crippen molar-refractivity contribution in [1.82, 2.24) is 10.2 Å². The first kappa shape index (κ1) is 7.55. The Kier molecular flexibility index (Phi) is 1.73. The summed E-state index contributed by atoms with van der Waals surface area (Å²) in [6.45, 7) is 4.13. The lowest BCUT2D eigenvalue weighted by atomic mass is 10.2. The zero-order valence-electron chi connectivity index (χ0n) is 7.09. The number of aryl methyl sites for hydroxylation is 1. The molecule has 0 saturated heterocycles. The number of thiophene rings is 1. The van der Waals surface area contributed by atoms with E-state index < -0.39 is 0 Å². The predicted molar refractivity (Wildman–Crippen MR) is 51.4 cm³/mol. The minimum atomic E-state index is 1.09. The lowest BCUT2D eigenvalue weighted by Gasteiger charge is -1.91. The van der Waals surface area contributed by atoms with Crippen LogP contribution in [0.5, 0.6) is 0 Å². The largest absolute Gasteiger partial charge is 0.282 e. The van der Waals surface area contributed by atoms with Crippen LogP contribution < -0.4 is 0 Å². The maximum absolute atomic E-state index is 4.24. The first-order valence-corrected chi connectivity index (χ1v) is 4.72. The normalized spacial score (nSPS) is 10.5. The minimum Gasteiger partial charge on any atom is -0.282 e. The second-order valence-corrected chi connectivity index (χ2v) is 3.75. The van der Waals surface area contributed by atoms with Gasteiger partial charge in [-0.15, -0.1) is 11.3 Å². The van der Waals surface area contributed by atoms with E-state index in [1.807, 2.05) is 13.0 Å². The molecule has 0 atom stereocenters. The van der Waals surface area contributed by atoms with Crippen molar-refractivity contribution in [2.24, 2.45) is 0 Å². The highest BCUT2D eigenvalue weighted by atomic mass is 32.1. The number of hydrogen-bond acceptors (Lipinski definition) is 2. The van der Waals surface area contributed by atoms with Gasteiger partial charge in [0.15, 0.2) is 0 Å². The number of nitrogens with zero attached hydrogens (tertiary/aromatic N) is 1. The molecule has 3 heteroatoms. The molecule has 0 aromatic carbocycles. The van der Waals surface area contributed by atoms with Crippen LogP contribution in [-0.4, -0.2) is 10.2 Å². The summed E-state index contributed by atoms with van der Waals surface area (Å²) < 4.78 is 0. The Balaban J connectivity index is 2.55. The van der Waals surface area contributed by atoms with E-state index in [-0.39, 0.29) is 0 Å². The lowest BCUT2D eigenvalue weighted by molar-refractivity contribution is 1.05. The Bertz CT molecular complexity index is 373. The molecule has 0 radical (unpaired) electrons. The van der Waals surface area contributed by atoms with Gasteiger partial charge in [0, 0.05) is 5.69 Å². The first-order valence-electron chi connectivity index (χ1n) is 3.84. The van der Waals surface area contributed by atoms with Crippen molar-refractivity contribution >= 4 is 11.3 Å². The van der Waals surface area contributed by atoms with E-state index in [0.29, 0.717) is 0 Å². The summed E-state index contributed by atoms with van der Waals surface area (Å²) in [6, 6.07) is 4.14. The summed E-state index contributed by atoms with van der Waals surface area (Å²) >= 11 is 1.72. The lowest BCUT2D eigenvalue weighted by Crippen LogP contribution is -1.75. The highest BCUT2D eigenvalue weighted by Crippen LogP contribution is 2.26. The summed E-state index contributed by atoms with van der Waals surface area (Å²) in [4.78, 5) is 1.23. The average Bonchev–Trinajstić information content (AvgIpc) is 2.64. The van der Waals surface area contributed by atoms with Crippen LogP contribution in [0.4, 0.5) is 0 Å². The van der Waals surface area contributed by atoms with E-state index in [1.165, 1.54) is 10.4 Å². The molecule has 0 saturated carbocycles. The number of H-pyrrole nitrogens is 1. The number of aromatic amines is 1. The molecule has 1 N–H and O–H groups in total. The molecule has 2 aromatic rings. The molecule has 0 aliphatic carbocycles. The maximum Gasteiger partial charge on any atom is 0.105 e. The Morgan fingerprint density at radius 3 is 2.75 bits per heavy atom. The highest BCUT2D eigenvalue weighted by Gasteiger charge is 2.07. The molecule has 2 aromatic heterocycles. The predicted octanol–water partition coefficient (Wildman–Crippen LogP) is 2.76. The van der Waals surface area contributed by atoms with Gasteiger partial charge in [0.05, 0.1) is 4.88 Å². The van der Waals surface area contributed by atoms with Gasteiger partial charge in [0.25, 0.3) is 0 Å². The van der Waals surface area contributed by atoms with Crippen LogP contribution in [0.3, 0.4) is 0 Å². The van der Waals surface area contributed by atoms with Gasteiger partial charge in [0.1, 0.15) is 5.69 Å². The second kappa shape index (κ2) is 2.75. The molecule has 0 fully saturated rings. The minimum absolute atomic E-state index is 1.09. The monoisotopic (exact) mass is 178 g/mol. The van der Waals surface area contributed by atoms with Gasteiger partial charge in [-0.2, -0.15) is 5.10 Å². The second-order valence-electron chi connectivity index (χ2n) is 2.80. The number of rotatable bonds is 1. The van der Waals surface area contributed by atoms with Crippen LogP contribution in [-0.2, 0) is 0 Å². The average molecular weight is 178 g/mol. The van der Waals surface area contributed by atoms with Gasteiger partial charge < -0.3 is 0 Å². The van der Waals surface area contributed by atoms with Gasteiger partial charge in [-0.3, -0.25) is 5.10 Å². The molecule has 2 nitrogen and oxygen atoms in total. The fourth-order valence-corrected chi connectivity index (χ4v) is 1.91. The Morgan fingerprint density at radius 1 is 1.42 bits per heavy atom. The molecular formula is C9H10N2S. The Labute approximate surface area is 75.3 Å². The molecular weight excluding hydrogens is 168 g/mol. The van der Waals surface area contributed by atoms with Crippen molar-refractivity contribution in [1.29, 1.82) is 0 Å². The summed E-state index contributed by atoms with van der Waals surface area (Å²) in [5.74, 6) is 0. The topological polar surface area (TPSA) is 28.7 Å². The fraction of sp³-hybridized carbons (Fsp3) is 0.222. The number of nitrogens with one attached hydrogen (secondary N) is 1. The van der Waals surface area contributed by atoms with Crippen molar-refractivity contribution in [3.05, 3.63) is 28.8 Å². The first-order chi connectivity index (χ1) is 5.79. The van der Waals surface area contributed by atoms with Crippen LogP contribution in [0.2, 0.25) is 0 Å². The molecule has 12 heavy (non-hydrogen) atoms. The van der Waals surface area contributed by atoms with Crippen LogP contribution in [0.1, 0.15) is 11.3 Å². The van der Waals surface area contributed by atoms with Crippen molar-refractivity contribution < 1.29 is 0 Å². The molecule has 0 amide bonds. The standard InChI is InChI=1S/C9H10N2S/c1-6-7(2)10-11-9(6)8-4-3-5-12-8/h3-5H,1-2H3,(H,10,11). The van der Waals surface area contributed by atoms with E-state index in [0.717, 1.165) is 11.4 Å². The SMILES string of the molecule is Cc1[nH]nc(-c2cccs2)c1C. The van der Waals surface area contributed by atoms with Gasteiger partial charge in [-0.25, -0.2) is 0 Å². The van der Waals surface area contributed by atoms with Crippen molar-refractivity contribution in [3.63, 3.8) is 0 Å². The molecule has 0 unspecified atom stereocenters. The summed E-state index contributed by atoms with van der Waals surface area (Å²) in [5, 5.41) is 9.29. The van der Waals surface area contributed by atoms with Gasteiger partial charge >= 0.3 is 0 Å². The van der Waals surface area contributed by atoms with Crippen LogP contribution in [0.25, 0.3) is 10.6 Å². The Morgan fingerprint density at radius 2 is 2.25 bits per heavy atom. The highest BCUT2D eigenvalue weighted by molar-refractivity contribution is 7.13. The van der Waals surface area contributed by atoms with E-state index in [4.69, 9.17) is 0 Å². The summed E-state index contributed by atoms with van der Waals surface area (Å²) in [7, 11) is 0. The number of aromatic nitrogens is 2. The van der Waals surface area contributed by atoms with Gasteiger partial charge in [-0.1, -0.05) is 6.07 Å². The van der Waals surface area contributed by atoms with Gasteiger partial charge in [-0.05, 0) is 30.9 Å². The molecule has 62 valence electrons. The third-order valence-corrected chi connectivity index (χ3v) is 2.88. The molecule has 2 heterocycles. The molecule has 0 bridgehead atoms. The van der Waals surface area contributed by atoms with Gasteiger partial charge in [0.2, 0.25) is 0 Å². The zero-order valence-corrected chi connectivity index (χ0v) is 7.90. The van der Waals surface area contributed by atoms with Crippen LogP contribution >= 0.6 is 11.3 Å². The van der Waals surface area contributed by atoms with Crippen LogP contribution in [0, 0.1) is 13.8 Å². The molecule has 0 aliphatic rings. The molecule has 2 rings (SSSR count). The van der Waals surface area contributed by atoms with E-state index in [2.05, 4.69) is 28.6 Å². The van der Waals surface area contributed by atoms with E-state index in [1.54, 1.807) is 11.3 Å².